The lowest BCUT2D eigenvalue weighted by Crippen LogP contribution is -2.38. The Morgan fingerprint density at radius 3 is 2.43 bits per heavy atom. The first-order valence-corrected chi connectivity index (χ1v) is 8.29. The molecule has 0 spiro atoms. The second-order valence-electron chi connectivity index (χ2n) is 6.85. The zero-order chi connectivity index (χ0) is 14.8. The molecule has 0 heterocycles. The number of nitrogen functional groups attached to an aromatic ring is 1. The van der Waals surface area contributed by atoms with Gasteiger partial charge in [0, 0.05) is 24.2 Å². The molecule has 0 bridgehead atoms. The highest BCUT2D eigenvalue weighted by Crippen LogP contribution is 2.35. The Bertz CT molecular complexity index is 502. The maximum atomic E-state index is 12.9. The molecule has 2 N–H and O–H groups in total. The van der Waals surface area contributed by atoms with E-state index in [-0.39, 0.29) is 5.92 Å². The van der Waals surface area contributed by atoms with Crippen LogP contribution in [0.15, 0.2) is 24.3 Å². The van der Waals surface area contributed by atoms with Crippen molar-refractivity contribution in [1.82, 2.24) is 4.90 Å². The summed E-state index contributed by atoms with van der Waals surface area (Å²) < 4.78 is 0. The topological polar surface area (TPSA) is 46.3 Å². The third-order valence-electron chi connectivity index (χ3n) is 5.03. The third-order valence-corrected chi connectivity index (χ3v) is 5.03. The SMILES string of the molecule is CC1CCC(C(=O)N(Cc2ccccc2N)C2CC2)CC1. The Morgan fingerprint density at radius 2 is 1.81 bits per heavy atom. The normalized spacial score (nSPS) is 25.6. The van der Waals surface area contributed by atoms with Crippen molar-refractivity contribution in [3.05, 3.63) is 29.8 Å². The van der Waals surface area contributed by atoms with E-state index >= 15 is 0 Å². The van der Waals surface area contributed by atoms with Crippen LogP contribution in [0.25, 0.3) is 0 Å². The number of hydrogen-bond acceptors (Lipinski definition) is 2. The number of anilines is 1. The van der Waals surface area contributed by atoms with Crippen molar-refractivity contribution in [2.75, 3.05) is 5.73 Å². The average molecular weight is 286 g/mol. The van der Waals surface area contributed by atoms with E-state index < -0.39 is 0 Å². The standard InChI is InChI=1S/C18H26N2O/c1-13-6-8-14(9-7-13)18(21)20(16-10-11-16)12-15-4-2-3-5-17(15)19/h2-5,13-14,16H,6-12,19H2,1H3. The van der Waals surface area contributed by atoms with Crippen molar-refractivity contribution in [2.45, 2.75) is 58.0 Å². The van der Waals surface area contributed by atoms with Crippen LogP contribution in [0.3, 0.4) is 0 Å². The van der Waals surface area contributed by atoms with E-state index in [0.29, 0.717) is 18.5 Å². The fourth-order valence-corrected chi connectivity index (χ4v) is 3.38. The van der Waals surface area contributed by atoms with Crippen LogP contribution in [-0.2, 0) is 11.3 Å². The second kappa shape index (κ2) is 6.08. The number of para-hydroxylation sites is 1. The van der Waals surface area contributed by atoms with E-state index in [1.807, 2.05) is 24.3 Å². The van der Waals surface area contributed by atoms with Gasteiger partial charge in [0.25, 0.3) is 0 Å². The molecule has 0 saturated heterocycles. The van der Waals surface area contributed by atoms with Gasteiger partial charge in [-0.05, 0) is 56.1 Å². The van der Waals surface area contributed by atoms with Gasteiger partial charge >= 0.3 is 0 Å². The minimum atomic E-state index is 0.242. The highest BCUT2D eigenvalue weighted by atomic mass is 16.2. The highest BCUT2D eigenvalue weighted by molar-refractivity contribution is 5.79. The van der Waals surface area contributed by atoms with E-state index in [9.17, 15) is 4.79 Å². The molecule has 3 heteroatoms. The minimum Gasteiger partial charge on any atom is -0.398 e. The first-order valence-electron chi connectivity index (χ1n) is 8.29. The van der Waals surface area contributed by atoms with Crippen molar-refractivity contribution >= 4 is 11.6 Å². The number of nitrogens with zero attached hydrogens (tertiary/aromatic N) is 1. The maximum absolute atomic E-state index is 12.9. The van der Waals surface area contributed by atoms with Crippen molar-refractivity contribution in [2.24, 2.45) is 11.8 Å². The van der Waals surface area contributed by atoms with Gasteiger partial charge in [-0.25, -0.2) is 0 Å². The molecule has 21 heavy (non-hydrogen) atoms. The average Bonchev–Trinajstić information content (AvgIpc) is 3.31. The number of benzene rings is 1. The summed E-state index contributed by atoms with van der Waals surface area (Å²) in [6.07, 6.45) is 6.83. The molecule has 3 rings (SSSR count). The molecule has 0 aliphatic heterocycles. The summed E-state index contributed by atoms with van der Waals surface area (Å²) in [4.78, 5) is 15.0. The van der Waals surface area contributed by atoms with E-state index in [1.54, 1.807) is 0 Å². The lowest BCUT2D eigenvalue weighted by atomic mass is 9.82. The lowest BCUT2D eigenvalue weighted by Gasteiger charge is -2.31. The fraction of sp³-hybridized carbons (Fsp3) is 0.611. The van der Waals surface area contributed by atoms with Gasteiger partial charge < -0.3 is 10.6 Å². The molecular weight excluding hydrogens is 260 g/mol. The van der Waals surface area contributed by atoms with Gasteiger partial charge in [0.2, 0.25) is 5.91 Å². The monoisotopic (exact) mass is 286 g/mol. The molecule has 1 aromatic rings. The van der Waals surface area contributed by atoms with Crippen LogP contribution in [0, 0.1) is 11.8 Å². The number of carbonyl (C=O) groups excluding carboxylic acids is 1. The molecule has 0 atom stereocenters. The van der Waals surface area contributed by atoms with Crippen molar-refractivity contribution in [1.29, 1.82) is 0 Å². The van der Waals surface area contributed by atoms with E-state index in [4.69, 9.17) is 5.73 Å². The van der Waals surface area contributed by atoms with E-state index in [2.05, 4.69) is 11.8 Å². The molecule has 2 aliphatic carbocycles. The molecule has 114 valence electrons. The van der Waals surface area contributed by atoms with Crippen molar-refractivity contribution < 1.29 is 4.79 Å². The summed E-state index contributed by atoms with van der Waals surface area (Å²) in [5.74, 6) is 1.40. The summed E-state index contributed by atoms with van der Waals surface area (Å²) >= 11 is 0. The first kappa shape index (κ1) is 14.4. The molecule has 3 nitrogen and oxygen atoms in total. The first-order chi connectivity index (χ1) is 10.1. The summed E-state index contributed by atoms with van der Waals surface area (Å²) in [7, 11) is 0. The maximum Gasteiger partial charge on any atom is 0.226 e. The minimum absolute atomic E-state index is 0.242. The van der Waals surface area contributed by atoms with Gasteiger partial charge in [-0.3, -0.25) is 4.79 Å². The van der Waals surface area contributed by atoms with Crippen LogP contribution < -0.4 is 5.73 Å². The molecule has 0 unspecified atom stereocenters. The molecule has 2 aliphatic rings. The van der Waals surface area contributed by atoms with Crippen LogP contribution in [0.2, 0.25) is 0 Å². The Morgan fingerprint density at radius 1 is 1.14 bits per heavy atom. The van der Waals surface area contributed by atoms with Crippen LogP contribution >= 0.6 is 0 Å². The fourth-order valence-electron chi connectivity index (χ4n) is 3.38. The number of amides is 1. The Balaban J connectivity index is 1.70. The number of rotatable bonds is 4. The smallest absolute Gasteiger partial charge is 0.226 e. The van der Waals surface area contributed by atoms with Gasteiger partial charge in [0.05, 0.1) is 0 Å². The second-order valence-corrected chi connectivity index (χ2v) is 6.85. The zero-order valence-corrected chi connectivity index (χ0v) is 12.9. The highest BCUT2D eigenvalue weighted by Gasteiger charge is 2.36. The van der Waals surface area contributed by atoms with Crippen LogP contribution in [0.5, 0.6) is 0 Å². The summed E-state index contributed by atoms with van der Waals surface area (Å²) in [6, 6.07) is 8.37. The Labute approximate surface area is 127 Å². The summed E-state index contributed by atoms with van der Waals surface area (Å²) in [5.41, 5.74) is 7.93. The predicted octanol–water partition coefficient (Wildman–Crippen LogP) is 3.59. The van der Waals surface area contributed by atoms with Crippen LogP contribution in [-0.4, -0.2) is 16.8 Å². The molecule has 2 saturated carbocycles. The Kier molecular flexibility index (Phi) is 4.18. The molecule has 0 aromatic heterocycles. The van der Waals surface area contributed by atoms with Gasteiger partial charge in [0.1, 0.15) is 0 Å². The van der Waals surface area contributed by atoms with Crippen LogP contribution in [0.4, 0.5) is 5.69 Å². The molecular formula is C18H26N2O. The van der Waals surface area contributed by atoms with Crippen LogP contribution in [0.1, 0.15) is 51.0 Å². The van der Waals surface area contributed by atoms with Gasteiger partial charge in [0.15, 0.2) is 0 Å². The molecule has 1 amide bonds. The quantitative estimate of drug-likeness (QED) is 0.860. The largest absolute Gasteiger partial charge is 0.398 e. The molecule has 0 radical (unpaired) electrons. The predicted molar refractivity (Wildman–Crippen MR) is 85.5 cm³/mol. The van der Waals surface area contributed by atoms with Gasteiger partial charge in [-0.2, -0.15) is 0 Å². The van der Waals surface area contributed by atoms with E-state index in [1.165, 1.54) is 12.8 Å². The third kappa shape index (κ3) is 3.39. The van der Waals surface area contributed by atoms with Crippen molar-refractivity contribution in [3.63, 3.8) is 0 Å². The lowest BCUT2D eigenvalue weighted by molar-refractivity contribution is -0.138. The number of hydrogen-bond donors (Lipinski definition) is 1. The van der Waals surface area contributed by atoms with Gasteiger partial charge in [-0.1, -0.05) is 25.1 Å². The number of carbonyl (C=O) groups is 1. The summed E-state index contributed by atoms with van der Waals surface area (Å²) in [6.45, 7) is 2.98. The van der Waals surface area contributed by atoms with E-state index in [0.717, 1.165) is 42.9 Å². The number of nitrogens with two attached hydrogens (primary N) is 1. The van der Waals surface area contributed by atoms with Crippen molar-refractivity contribution in [3.8, 4) is 0 Å². The zero-order valence-electron chi connectivity index (χ0n) is 12.9. The molecule has 1 aromatic carbocycles. The van der Waals surface area contributed by atoms with Gasteiger partial charge in [-0.15, -0.1) is 0 Å². The Hall–Kier alpha value is -1.51. The molecule has 2 fully saturated rings. The summed E-state index contributed by atoms with van der Waals surface area (Å²) in [5, 5.41) is 0.